The Morgan fingerprint density at radius 3 is 2.57 bits per heavy atom. The summed E-state index contributed by atoms with van der Waals surface area (Å²) in [5, 5.41) is 9.33. The van der Waals surface area contributed by atoms with Gasteiger partial charge in [-0.2, -0.15) is 0 Å². The first kappa shape index (κ1) is 21.7. The second kappa shape index (κ2) is 9.65. The third-order valence-electron chi connectivity index (χ3n) is 5.54. The predicted octanol–water partition coefficient (Wildman–Crippen LogP) is 2.79. The zero-order chi connectivity index (χ0) is 20.1. The van der Waals surface area contributed by atoms with Gasteiger partial charge >= 0.3 is 0 Å². The molecule has 6 heteroatoms. The van der Waals surface area contributed by atoms with Crippen LogP contribution in [0.3, 0.4) is 0 Å². The molecule has 2 heterocycles. The summed E-state index contributed by atoms with van der Waals surface area (Å²) < 4.78 is 23.8. The van der Waals surface area contributed by atoms with Crippen LogP contribution in [0, 0.1) is 5.92 Å². The SMILES string of the molecule is CO[C@@H]1O[C@H](C[C@H](CCCO)CN(C)Cc2ccccc2)C2OC(C)(C)O[C@@H]21. The van der Waals surface area contributed by atoms with Crippen LogP contribution in [0.1, 0.15) is 38.7 Å². The van der Waals surface area contributed by atoms with Crippen molar-refractivity contribution in [2.75, 3.05) is 27.3 Å². The van der Waals surface area contributed by atoms with E-state index in [9.17, 15) is 5.11 Å². The summed E-state index contributed by atoms with van der Waals surface area (Å²) >= 11 is 0. The summed E-state index contributed by atoms with van der Waals surface area (Å²) in [6, 6.07) is 10.5. The van der Waals surface area contributed by atoms with Crippen molar-refractivity contribution in [3.63, 3.8) is 0 Å². The molecule has 1 unspecified atom stereocenters. The molecule has 0 saturated carbocycles. The third-order valence-corrected chi connectivity index (χ3v) is 5.54. The van der Waals surface area contributed by atoms with Crippen LogP contribution < -0.4 is 0 Å². The number of hydrogen-bond donors (Lipinski definition) is 1. The quantitative estimate of drug-likeness (QED) is 0.660. The zero-order valence-electron chi connectivity index (χ0n) is 17.5. The Morgan fingerprint density at radius 1 is 1.18 bits per heavy atom. The second-order valence-electron chi connectivity index (χ2n) is 8.49. The van der Waals surface area contributed by atoms with E-state index in [0.29, 0.717) is 5.92 Å². The highest BCUT2D eigenvalue weighted by Crippen LogP contribution is 2.41. The van der Waals surface area contributed by atoms with E-state index in [1.54, 1.807) is 7.11 Å². The summed E-state index contributed by atoms with van der Waals surface area (Å²) in [5.74, 6) is -0.215. The molecule has 0 radical (unpaired) electrons. The van der Waals surface area contributed by atoms with Gasteiger partial charge in [0.25, 0.3) is 0 Å². The first-order valence-corrected chi connectivity index (χ1v) is 10.3. The normalized spacial score (nSPS) is 29.9. The van der Waals surface area contributed by atoms with Crippen molar-refractivity contribution in [3.05, 3.63) is 35.9 Å². The van der Waals surface area contributed by atoms with E-state index in [-0.39, 0.29) is 24.9 Å². The maximum absolute atomic E-state index is 9.33. The molecule has 5 atom stereocenters. The molecule has 158 valence electrons. The van der Waals surface area contributed by atoms with Crippen LogP contribution >= 0.6 is 0 Å². The van der Waals surface area contributed by atoms with E-state index >= 15 is 0 Å². The molecule has 0 amide bonds. The summed E-state index contributed by atoms with van der Waals surface area (Å²) in [7, 11) is 3.79. The lowest BCUT2D eigenvalue weighted by molar-refractivity contribution is -0.228. The van der Waals surface area contributed by atoms with Crippen LogP contribution in [-0.4, -0.2) is 67.7 Å². The van der Waals surface area contributed by atoms with E-state index < -0.39 is 12.1 Å². The monoisotopic (exact) mass is 393 g/mol. The molecule has 28 heavy (non-hydrogen) atoms. The number of benzene rings is 1. The fraction of sp³-hybridized carbons (Fsp3) is 0.727. The van der Waals surface area contributed by atoms with E-state index in [2.05, 4.69) is 36.2 Å². The van der Waals surface area contributed by atoms with Gasteiger partial charge in [0.05, 0.1) is 6.10 Å². The first-order valence-electron chi connectivity index (χ1n) is 10.3. The molecule has 3 rings (SSSR count). The lowest BCUT2D eigenvalue weighted by atomic mass is 9.93. The first-order chi connectivity index (χ1) is 13.4. The second-order valence-corrected chi connectivity index (χ2v) is 8.49. The van der Waals surface area contributed by atoms with E-state index in [0.717, 1.165) is 32.4 Å². The number of aliphatic hydroxyl groups is 1. The number of nitrogens with zero attached hydrogens (tertiary/aromatic N) is 1. The number of rotatable bonds is 10. The van der Waals surface area contributed by atoms with Gasteiger partial charge in [-0.05, 0) is 51.6 Å². The van der Waals surface area contributed by atoms with Crippen LogP contribution in [0.5, 0.6) is 0 Å². The van der Waals surface area contributed by atoms with Gasteiger partial charge in [-0.15, -0.1) is 0 Å². The number of methoxy groups -OCH3 is 1. The molecule has 1 aromatic carbocycles. The predicted molar refractivity (Wildman–Crippen MR) is 107 cm³/mol. The van der Waals surface area contributed by atoms with Crippen LogP contribution in [0.25, 0.3) is 0 Å². The van der Waals surface area contributed by atoms with Crippen LogP contribution in [0.4, 0.5) is 0 Å². The van der Waals surface area contributed by atoms with Crippen LogP contribution in [0.15, 0.2) is 30.3 Å². The fourth-order valence-corrected chi connectivity index (χ4v) is 4.41. The van der Waals surface area contributed by atoms with E-state index in [1.165, 1.54) is 5.56 Å². The minimum absolute atomic E-state index is 0.0643. The molecule has 2 saturated heterocycles. The Morgan fingerprint density at radius 2 is 1.89 bits per heavy atom. The minimum Gasteiger partial charge on any atom is -0.396 e. The highest BCUT2D eigenvalue weighted by molar-refractivity contribution is 5.14. The lowest BCUT2D eigenvalue weighted by Crippen LogP contribution is -2.34. The lowest BCUT2D eigenvalue weighted by Gasteiger charge is -2.28. The van der Waals surface area contributed by atoms with Crippen molar-refractivity contribution in [3.8, 4) is 0 Å². The van der Waals surface area contributed by atoms with Crippen molar-refractivity contribution >= 4 is 0 Å². The van der Waals surface area contributed by atoms with Gasteiger partial charge in [0.15, 0.2) is 12.1 Å². The Labute approximate surface area is 168 Å². The van der Waals surface area contributed by atoms with Gasteiger partial charge in [-0.3, -0.25) is 0 Å². The zero-order valence-corrected chi connectivity index (χ0v) is 17.5. The van der Waals surface area contributed by atoms with Crippen LogP contribution in [0.2, 0.25) is 0 Å². The average Bonchev–Trinajstić information content (AvgIpc) is 3.13. The minimum atomic E-state index is -0.612. The standard InChI is InChI=1S/C22H35NO5/c1-22(2)27-19-18(26-21(25-4)20(19)28-22)13-17(11-8-12-24)15-23(3)14-16-9-6-5-7-10-16/h5-7,9-10,17-21,24H,8,11-15H2,1-4H3/t17-,18+,19?,20-,21+/m0/s1. The fourth-order valence-electron chi connectivity index (χ4n) is 4.41. The largest absolute Gasteiger partial charge is 0.396 e. The molecule has 0 bridgehead atoms. The Kier molecular flexibility index (Phi) is 7.48. The third kappa shape index (κ3) is 5.53. The number of hydrogen-bond acceptors (Lipinski definition) is 6. The van der Waals surface area contributed by atoms with Crippen molar-refractivity contribution in [1.82, 2.24) is 4.90 Å². The average molecular weight is 394 g/mol. The van der Waals surface area contributed by atoms with Gasteiger partial charge in [0, 0.05) is 26.8 Å². The Balaban J connectivity index is 1.61. The summed E-state index contributed by atoms with van der Waals surface area (Å²) in [5.41, 5.74) is 1.30. The summed E-state index contributed by atoms with van der Waals surface area (Å²) in [6.07, 6.45) is 1.85. The maximum atomic E-state index is 9.33. The summed E-state index contributed by atoms with van der Waals surface area (Å²) in [4.78, 5) is 2.34. The maximum Gasteiger partial charge on any atom is 0.186 e. The van der Waals surface area contributed by atoms with Crippen molar-refractivity contribution in [2.45, 2.75) is 70.0 Å². The van der Waals surface area contributed by atoms with Crippen molar-refractivity contribution in [1.29, 1.82) is 0 Å². The highest BCUT2D eigenvalue weighted by atomic mass is 16.8. The smallest absolute Gasteiger partial charge is 0.186 e. The molecule has 1 aromatic rings. The van der Waals surface area contributed by atoms with Gasteiger partial charge in [-0.1, -0.05) is 30.3 Å². The number of aliphatic hydroxyl groups excluding tert-OH is 1. The van der Waals surface area contributed by atoms with Gasteiger partial charge < -0.3 is 29.0 Å². The molecule has 0 spiro atoms. The molecule has 6 nitrogen and oxygen atoms in total. The number of ether oxygens (including phenoxy) is 4. The molecule has 0 aliphatic carbocycles. The molecular formula is C22H35NO5. The number of fused-ring (bicyclic) bond motifs is 1. The molecule has 0 aromatic heterocycles. The van der Waals surface area contributed by atoms with E-state index in [4.69, 9.17) is 18.9 Å². The molecule has 2 fully saturated rings. The topological polar surface area (TPSA) is 60.4 Å². The molecular weight excluding hydrogens is 358 g/mol. The summed E-state index contributed by atoms with van der Waals surface area (Å²) in [6.45, 7) is 5.93. The van der Waals surface area contributed by atoms with Gasteiger partial charge in [0.1, 0.15) is 12.2 Å². The Hall–Kier alpha value is -1.02. The van der Waals surface area contributed by atoms with Crippen molar-refractivity contribution < 1.29 is 24.1 Å². The van der Waals surface area contributed by atoms with E-state index in [1.807, 2.05) is 19.9 Å². The van der Waals surface area contributed by atoms with Gasteiger partial charge in [0.2, 0.25) is 0 Å². The van der Waals surface area contributed by atoms with Crippen molar-refractivity contribution in [2.24, 2.45) is 5.92 Å². The molecule has 1 N–H and O–H groups in total. The highest BCUT2D eigenvalue weighted by Gasteiger charge is 2.55. The van der Waals surface area contributed by atoms with Gasteiger partial charge in [-0.25, -0.2) is 0 Å². The molecule has 2 aliphatic rings. The van der Waals surface area contributed by atoms with Crippen LogP contribution in [-0.2, 0) is 25.5 Å². The molecule has 2 aliphatic heterocycles. The Bertz CT molecular complexity index is 596.